The second-order valence-electron chi connectivity index (χ2n) is 5.53. The zero-order valence-electron chi connectivity index (χ0n) is 12.8. The lowest BCUT2D eigenvalue weighted by Crippen LogP contribution is -2.49. The fraction of sp³-hybridized carbons (Fsp3) is 0.533. The monoisotopic (exact) mass is 320 g/mol. The number of hydrogen-bond acceptors (Lipinski definition) is 5. The number of carbonyl (C=O) groups excluding carboxylic acids is 1. The highest BCUT2D eigenvalue weighted by molar-refractivity contribution is 7.18. The molecule has 0 spiro atoms. The minimum absolute atomic E-state index is 0.0131. The molecule has 0 aromatic carbocycles. The molecule has 0 saturated carbocycles. The molecule has 118 valence electrons. The summed E-state index contributed by atoms with van der Waals surface area (Å²) >= 11 is 1.50. The number of rotatable bonds is 3. The molecule has 6 nitrogen and oxygen atoms in total. The van der Waals surface area contributed by atoms with Crippen LogP contribution in [-0.4, -0.2) is 46.5 Å². The summed E-state index contributed by atoms with van der Waals surface area (Å²) in [7, 11) is 0. The van der Waals surface area contributed by atoms with Gasteiger partial charge in [0.1, 0.15) is 10.9 Å². The van der Waals surface area contributed by atoms with Crippen LogP contribution >= 0.6 is 11.3 Å². The fourth-order valence-corrected chi connectivity index (χ4v) is 3.70. The molecule has 1 fully saturated rings. The second-order valence-corrected chi connectivity index (χ2v) is 6.77. The van der Waals surface area contributed by atoms with Crippen molar-refractivity contribution in [3.63, 3.8) is 0 Å². The first-order valence-corrected chi connectivity index (χ1v) is 8.40. The Morgan fingerprint density at radius 2 is 2.18 bits per heavy atom. The minimum Gasteiger partial charge on any atom is -0.338 e. The van der Waals surface area contributed by atoms with Crippen LogP contribution in [0.4, 0.5) is 0 Å². The third kappa shape index (κ3) is 2.66. The largest absolute Gasteiger partial charge is 0.338 e. The summed E-state index contributed by atoms with van der Waals surface area (Å²) in [5.74, 6) is 0.0131. The molecule has 0 radical (unpaired) electrons. The van der Waals surface area contributed by atoms with Crippen molar-refractivity contribution < 1.29 is 4.79 Å². The van der Waals surface area contributed by atoms with E-state index in [0.717, 1.165) is 22.8 Å². The number of fused-ring (bicyclic) bond motifs is 1. The fourth-order valence-electron chi connectivity index (χ4n) is 2.87. The van der Waals surface area contributed by atoms with Gasteiger partial charge in [0.15, 0.2) is 0 Å². The number of carbonyl (C=O) groups is 1. The van der Waals surface area contributed by atoms with Crippen molar-refractivity contribution in [3.05, 3.63) is 27.6 Å². The molecule has 1 unspecified atom stereocenters. The van der Waals surface area contributed by atoms with Gasteiger partial charge in [0.2, 0.25) is 5.91 Å². The van der Waals surface area contributed by atoms with E-state index in [1.165, 1.54) is 22.2 Å². The lowest BCUT2D eigenvalue weighted by Gasteiger charge is -2.31. The van der Waals surface area contributed by atoms with E-state index in [1.54, 1.807) is 0 Å². The number of hydrogen-bond donors (Lipinski definition) is 1. The zero-order chi connectivity index (χ0) is 15.7. The number of aromatic nitrogens is 2. The molecular formula is C15H20N4O2S. The van der Waals surface area contributed by atoms with E-state index in [-0.39, 0.29) is 11.5 Å². The summed E-state index contributed by atoms with van der Waals surface area (Å²) in [5.41, 5.74) is -0.121. The van der Waals surface area contributed by atoms with E-state index < -0.39 is 6.04 Å². The van der Waals surface area contributed by atoms with Gasteiger partial charge >= 0.3 is 0 Å². The molecule has 1 amide bonds. The van der Waals surface area contributed by atoms with E-state index in [1.807, 2.05) is 24.8 Å². The van der Waals surface area contributed by atoms with Crippen LogP contribution in [0.2, 0.25) is 0 Å². The predicted molar refractivity (Wildman–Crippen MR) is 87.4 cm³/mol. The zero-order valence-corrected chi connectivity index (χ0v) is 13.7. The summed E-state index contributed by atoms with van der Waals surface area (Å²) in [6.45, 7) is 6.88. The Morgan fingerprint density at radius 1 is 1.45 bits per heavy atom. The summed E-state index contributed by atoms with van der Waals surface area (Å²) in [5, 5.41) is 3.84. The van der Waals surface area contributed by atoms with Crippen molar-refractivity contribution in [1.82, 2.24) is 19.8 Å². The number of aryl methyl sites for hydroxylation is 1. The van der Waals surface area contributed by atoms with Gasteiger partial charge in [0.05, 0.1) is 11.7 Å². The highest BCUT2D eigenvalue weighted by Crippen LogP contribution is 2.21. The van der Waals surface area contributed by atoms with E-state index in [9.17, 15) is 9.59 Å². The summed E-state index contributed by atoms with van der Waals surface area (Å²) in [4.78, 5) is 33.4. The maximum absolute atomic E-state index is 12.7. The molecule has 0 aliphatic carbocycles. The molecule has 3 rings (SSSR count). The molecule has 1 aliphatic rings. The molecule has 2 aromatic rings. The molecular weight excluding hydrogens is 300 g/mol. The molecule has 22 heavy (non-hydrogen) atoms. The first-order valence-electron chi connectivity index (χ1n) is 7.58. The van der Waals surface area contributed by atoms with Crippen molar-refractivity contribution in [2.75, 3.05) is 26.2 Å². The van der Waals surface area contributed by atoms with Gasteiger partial charge in [-0.25, -0.2) is 4.98 Å². The summed E-state index contributed by atoms with van der Waals surface area (Å²) < 4.78 is 1.50. The molecule has 1 atom stereocenters. The highest BCUT2D eigenvalue weighted by Gasteiger charge is 2.27. The summed E-state index contributed by atoms with van der Waals surface area (Å²) in [6, 6.07) is 1.39. The van der Waals surface area contributed by atoms with Crippen LogP contribution in [0.3, 0.4) is 0 Å². The molecule has 2 aromatic heterocycles. The van der Waals surface area contributed by atoms with Crippen molar-refractivity contribution in [2.45, 2.75) is 26.3 Å². The van der Waals surface area contributed by atoms with Gasteiger partial charge in [-0.15, -0.1) is 11.3 Å². The van der Waals surface area contributed by atoms with Crippen LogP contribution in [0, 0.1) is 6.92 Å². The molecule has 1 aliphatic heterocycles. The average molecular weight is 320 g/mol. The topological polar surface area (TPSA) is 67.2 Å². The number of thiophene rings is 1. The first kappa shape index (κ1) is 15.2. The van der Waals surface area contributed by atoms with Crippen LogP contribution in [0.5, 0.6) is 0 Å². The normalized spacial score (nSPS) is 16.9. The van der Waals surface area contributed by atoms with Crippen LogP contribution < -0.4 is 10.9 Å². The van der Waals surface area contributed by atoms with E-state index in [0.29, 0.717) is 24.9 Å². The molecule has 3 heterocycles. The molecule has 7 heteroatoms. The maximum Gasteiger partial charge on any atom is 0.262 e. The van der Waals surface area contributed by atoms with E-state index in [2.05, 4.69) is 10.3 Å². The maximum atomic E-state index is 12.7. The Balaban J connectivity index is 1.97. The highest BCUT2D eigenvalue weighted by atomic mass is 32.1. The van der Waals surface area contributed by atoms with Crippen molar-refractivity contribution in [3.8, 4) is 0 Å². The number of nitrogens with one attached hydrogen (secondary N) is 1. The molecule has 1 saturated heterocycles. The standard InChI is InChI=1S/C15H20N4O2S/c1-3-12(15(21)18-6-4-16-5-7-18)19-9-17-13-11(14(19)20)8-10(2)22-13/h8-9,12,16H,3-7H2,1-2H3. The van der Waals surface area contributed by atoms with Crippen molar-refractivity contribution in [1.29, 1.82) is 0 Å². The lowest BCUT2D eigenvalue weighted by atomic mass is 10.1. The van der Waals surface area contributed by atoms with Crippen LogP contribution in [0.25, 0.3) is 10.2 Å². The number of nitrogens with zero attached hydrogens (tertiary/aromatic N) is 3. The Morgan fingerprint density at radius 3 is 2.86 bits per heavy atom. The van der Waals surface area contributed by atoms with Crippen LogP contribution in [0.1, 0.15) is 24.3 Å². The summed E-state index contributed by atoms with van der Waals surface area (Å²) in [6.07, 6.45) is 2.11. The minimum atomic E-state index is -0.470. The first-order chi connectivity index (χ1) is 10.6. The Bertz CT molecular complexity index is 746. The van der Waals surface area contributed by atoms with E-state index >= 15 is 0 Å². The van der Waals surface area contributed by atoms with Gasteiger partial charge in [-0.3, -0.25) is 14.2 Å². The number of amides is 1. The molecule has 0 bridgehead atoms. The van der Waals surface area contributed by atoms with Crippen molar-refractivity contribution in [2.24, 2.45) is 0 Å². The van der Waals surface area contributed by atoms with Gasteiger partial charge in [-0.1, -0.05) is 6.92 Å². The smallest absolute Gasteiger partial charge is 0.262 e. The molecule has 1 N–H and O–H groups in total. The second kappa shape index (κ2) is 6.18. The third-order valence-electron chi connectivity index (χ3n) is 4.04. The van der Waals surface area contributed by atoms with Gasteiger partial charge in [-0.2, -0.15) is 0 Å². The Hall–Kier alpha value is -1.73. The SMILES string of the molecule is CCC(C(=O)N1CCNCC1)n1cnc2sc(C)cc2c1=O. The predicted octanol–water partition coefficient (Wildman–Crippen LogP) is 1.15. The Labute approximate surface area is 132 Å². The van der Waals surface area contributed by atoms with Gasteiger partial charge < -0.3 is 10.2 Å². The lowest BCUT2D eigenvalue weighted by molar-refractivity contribution is -0.135. The Kier molecular flexibility index (Phi) is 4.26. The number of piperazine rings is 1. The van der Waals surface area contributed by atoms with E-state index in [4.69, 9.17) is 0 Å². The van der Waals surface area contributed by atoms with Gasteiger partial charge in [0.25, 0.3) is 5.56 Å². The van der Waals surface area contributed by atoms with Crippen LogP contribution in [-0.2, 0) is 4.79 Å². The van der Waals surface area contributed by atoms with Gasteiger partial charge in [0, 0.05) is 31.1 Å². The third-order valence-corrected chi connectivity index (χ3v) is 4.99. The quantitative estimate of drug-likeness (QED) is 0.921. The van der Waals surface area contributed by atoms with Crippen LogP contribution in [0.15, 0.2) is 17.2 Å². The average Bonchev–Trinajstić information content (AvgIpc) is 2.92. The van der Waals surface area contributed by atoms with Gasteiger partial charge in [-0.05, 0) is 19.4 Å². The van der Waals surface area contributed by atoms with Crippen molar-refractivity contribution >= 4 is 27.5 Å².